The van der Waals surface area contributed by atoms with E-state index in [0.29, 0.717) is 22.1 Å². The van der Waals surface area contributed by atoms with Crippen LogP contribution in [0.5, 0.6) is 0 Å². The molecule has 8 heteroatoms. The summed E-state index contributed by atoms with van der Waals surface area (Å²) in [5, 5.41) is 7.66. The molecule has 1 N–H and O–H groups in total. The van der Waals surface area contributed by atoms with Gasteiger partial charge in [0, 0.05) is 28.3 Å². The van der Waals surface area contributed by atoms with E-state index in [2.05, 4.69) is 20.4 Å². The number of aromatic nitrogens is 5. The van der Waals surface area contributed by atoms with Crippen molar-refractivity contribution in [2.75, 3.05) is 5.32 Å². The van der Waals surface area contributed by atoms with Crippen LogP contribution in [0.15, 0.2) is 61.3 Å². The Morgan fingerprint density at radius 3 is 2.75 bits per heavy atom. The largest absolute Gasteiger partial charge is 0.319 e. The Bertz CT molecular complexity index is 1150. The topological polar surface area (TPSA) is 77.6 Å². The lowest BCUT2D eigenvalue weighted by atomic mass is 10.2. The highest BCUT2D eigenvalue weighted by molar-refractivity contribution is 6.30. The van der Waals surface area contributed by atoms with Crippen molar-refractivity contribution >= 4 is 23.2 Å². The van der Waals surface area contributed by atoms with Crippen LogP contribution in [-0.2, 0) is 0 Å². The van der Waals surface area contributed by atoms with Gasteiger partial charge in [0.2, 0.25) is 0 Å². The van der Waals surface area contributed by atoms with E-state index in [1.807, 2.05) is 48.7 Å². The Hall–Kier alpha value is -3.45. The predicted molar refractivity (Wildman–Crippen MR) is 107 cm³/mol. The number of amides is 1. The molecule has 0 fully saturated rings. The molecule has 0 saturated heterocycles. The molecule has 1 aromatic carbocycles. The second-order valence-corrected chi connectivity index (χ2v) is 6.71. The summed E-state index contributed by atoms with van der Waals surface area (Å²) in [6.45, 7) is 3.86. The molecule has 7 nitrogen and oxygen atoms in total. The van der Waals surface area contributed by atoms with Gasteiger partial charge in [-0.15, -0.1) is 0 Å². The minimum Gasteiger partial charge on any atom is -0.319 e. The molecule has 28 heavy (non-hydrogen) atoms. The van der Waals surface area contributed by atoms with Crippen LogP contribution < -0.4 is 5.32 Å². The number of halogens is 1. The average molecular weight is 393 g/mol. The van der Waals surface area contributed by atoms with Crippen LogP contribution in [0.2, 0.25) is 5.02 Å². The average Bonchev–Trinajstić information content (AvgIpc) is 3.30. The number of carbonyl (C=O) groups is 1. The highest BCUT2D eigenvalue weighted by atomic mass is 35.5. The zero-order valence-corrected chi connectivity index (χ0v) is 16.1. The first-order chi connectivity index (χ1) is 13.5. The summed E-state index contributed by atoms with van der Waals surface area (Å²) in [5.41, 5.74) is 3.79. The summed E-state index contributed by atoms with van der Waals surface area (Å²) >= 11 is 6.13. The highest BCUT2D eigenvalue weighted by Crippen LogP contribution is 2.24. The molecule has 0 saturated carbocycles. The van der Waals surface area contributed by atoms with Crippen LogP contribution in [0.3, 0.4) is 0 Å². The molecule has 0 radical (unpaired) electrons. The lowest BCUT2D eigenvalue weighted by Crippen LogP contribution is -2.15. The fourth-order valence-corrected chi connectivity index (χ4v) is 3.37. The van der Waals surface area contributed by atoms with Crippen LogP contribution in [0.25, 0.3) is 11.5 Å². The lowest BCUT2D eigenvalue weighted by Gasteiger charge is -2.11. The first kappa shape index (κ1) is 17.9. The number of benzene rings is 1. The molecule has 3 heterocycles. The van der Waals surface area contributed by atoms with Gasteiger partial charge in [-0.3, -0.25) is 4.79 Å². The molecule has 0 atom stereocenters. The molecular formula is C20H17ClN6O. The normalized spacial score (nSPS) is 10.8. The van der Waals surface area contributed by atoms with Crippen molar-refractivity contribution in [1.29, 1.82) is 0 Å². The van der Waals surface area contributed by atoms with Gasteiger partial charge in [-0.05, 0) is 50.2 Å². The van der Waals surface area contributed by atoms with Crippen molar-refractivity contribution in [3.63, 3.8) is 0 Å². The van der Waals surface area contributed by atoms with Gasteiger partial charge >= 0.3 is 0 Å². The molecule has 3 aromatic heterocycles. The van der Waals surface area contributed by atoms with E-state index in [-0.39, 0.29) is 5.91 Å². The number of nitrogens with zero attached hydrogens (tertiary/aromatic N) is 5. The van der Waals surface area contributed by atoms with Crippen LogP contribution in [0.1, 0.15) is 21.7 Å². The SMILES string of the molecule is Cc1cc(C(=O)Nc2cccnc2-n2cncn2)c(C)n1-c1cccc(Cl)c1. The van der Waals surface area contributed by atoms with E-state index in [1.165, 1.54) is 17.3 Å². The van der Waals surface area contributed by atoms with Gasteiger partial charge in [0.1, 0.15) is 12.7 Å². The Morgan fingerprint density at radius 1 is 1.14 bits per heavy atom. The van der Waals surface area contributed by atoms with Crippen molar-refractivity contribution in [3.8, 4) is 11.5 Å². The standard InChI is InChI=1S/C20H17ClN6O/c1-13-9-17(14(2)27(13)16-6-3-5-15(21)10-16)20(28)25-18-7-4-8-23-19(18)26-12-22-11-24-26/h3-12H,1-2H3,(H,25,28). The fourth-order valence-electron chi connectivity index (χ4n) is 3.19. The van der Waals surface area contributed by atoms with Crippen LogP contribution in [0.4, 0.5) is 5.69 Å². The number of hydrogen-bond donors (Lipinski definition) is 1. The van der Waals surface area contributed by atoms with Gasteiger partial charge in [-0.1, -0.05) is 17.7 Å². The van der Waals surface area contributed by atoms with Crippen molar-refractivity contribution < 1.29 is 4.79 Å². The maximum absolute atomic E-state index is 13.0. The lowest BCUT2D eigenvalue weighted by molar-refractivity contribution is 0.102. The number of pyridine rings is 1. The maximum Gasteiger partial charge on any atom is 0.257 e. The number of rotatable bonds is 4. The van der Waals surface area contributed by atoms with Crippen LogP contribution in [0, 0.1) is 13.8 Å². The molecule has 140 valence electrons. The molecule has 0 aliphatic heterocycles. The quantitative estimate of drug-likeness (QED) is 0.570. The summed E-state index contributed by atoms with van der Waals surface area (Å²) in [7, 11) is 0. The van der Waals surface area contributed by atoms with Gasteiger partial charge in [0.05, 0.1) is 11.3 Å². The van der Waals surface area contributed by atoms with Crippen molar-refractivity contribution in [3.05, 3.63) is 83.3 Å². The van der Waals surface area contributed by atoms with Gasteiger partial charge in [-0.25, -0.2) is 14.6 Å². The Balaban J connectivity index is 1.69. The van der Waals surface area contributed by atoms with Gasteiger partial charge < -0.3 is 9.88 Å². The Labute approximate surface area is 166 Å². The number of carbonyl (C=O) groups excluding carboxylic acids is 1. The third-order valence-corrected chi connectivity index (χ3v) is 4.65. The zero-order chi connectivity index (χ0) is 19.7. The summed E-state index contributed by atoms with van der Waals surface area (Å²) in [4.78, 5) is 21.2. The first-order valence-corrected chi connectivity index (χ1v) is 8.98. The highest BCUT2D eigenvalue weighted by Gasteiger charge is 2.18. The Morgan fingerprint density at radius 2 is 2.00 bits per heavy atom. The number of anilines is 1. The number of aryl methyl sites for hydroxylation is 1. The summed E-state index contributed by atoms with van der Waals surface area (Å²) in [6.07, 6.45) is 4.58. The zero-order valence-electron chi connectivity index (χ0n) is 15.3. The van der Waals surface area contributed by atoms with E-state index in [0.717, 1.165) is 17.1 Å². The van der Waals surface area contributed by atoms with Crippen molar-refractivity contribution in [1.82, 2.24) is 24.3 Å². The second kappa shape index (κ2) is 7.28. The van der Waals surface area contributed by atoms with Crippen molar-refractivity contribution in [2.24, 2.45) is 0 Å². The molecule has 0 unspecified atom stereocenters. The minimum absolute atomic E-state index is 0.226. The number of hydrogen-bond acceptors (Lipinski definition) is 4. The molecule has 1 amide bonds. The maximum atomic E-state index is 13.0. The van der Waals surface area contributed by atoms with Gasteiger partial charge in [0.25, 0.3) is 5.91 Å². The summed E-state index contributed by atoms with van der Waals surface area (Å²) in [6, 6.07) is 12.9. The monoisotopic (exact) mass is 392 g/mol. The predicted octanol–water partition coefficient (Wildman–Crippen LogP) is 3.98. The second-order valence-electron chi connectivity index (χ2n) is 6.27. The van der Waals surface area contributed by atoms with Crippen LogP contribution >= 0.6 is 11.6 Å². The van der Waals surface area contributed by atoms with Crippen molar-refractivity contribution in [2.45, 2.75) is 13.8 Å². The van der Waals surface area contributed by atoms with E-state index >= 15 is 0 Å². The van der Waals surface area contributed by atoms with E-state index in [1.54, 1.807) is 18.3 Å². The molecule has 4 rings (SSSR count). The molecular weight excluding hydrogens is 376 g/mol. The molecule has 0 spiro atoms. The Kier molecular flexibility index (Phi) is 4.67. The van der Waals surface area contributed by atoms with Gasteiger partial charge in [0.15, 0.2) is 5.82 Å². The number of nitrogens with one attached hydrogen (secondary N) is 1. The van der Waals surface area contributed by atoms with E-state index < -0.39 is 0 Å². The summed E-state index contributed by atoms with van der Waals surface area (Å²) in [5.74, 6) is 0.271. The van der Waals surface area contributed by atoms with Crippen LogP contribution in [-0.4, -0.2) is 30.2 Å². The minimum atomic E-state index is -0.226. The molecule has 0 aliphatic carbocycles. The first-order valence-electron chi connectivity index (χ1n) is 8.61. The third-order valence-electron chi connectivity index (χ3n) is 4.41. The molecule has 0 bridgehead atoms. The summed E-state index contributed by atoms with van der Waals surface area (Å²) < 4.78 is 3.51. The smallest absolute Gasteiger partial charge is 0.257 e. The fraction of sp³-hybridized carbons (Fsp3) is 0.100. The molecule has 0 aliphatic rings. The van der Waals surface area contributed by atoms with E-state index in [4.69, 9.17) is 11.6 Å². The van der Waals surface area contributed by atoms with Gasteiger partial charge in [-0.2, -0.15) is 5.10 Å². The van der Waals surface area contributed by atoms with E-state index in [9.17, 15) is 4.79 Å². The molecule has 4 aromatic rings. The third kappa shape index (κ3) is 3.27.